The molecule has 3 rings (SSSR count). The fourth-order valence-electron chi connectivity index (χ4n) is 3.11. The van der Waals surface area contributed by atoms with Gasteiger partial charge in [0.1, 0.15) is 9.92 Å². The highest BCUT2D eigenvalue weighted by Gasteiger charge is 2.33. The molecule has 2 aromatic rings. The molecular formula is C15H22ClN5O3S. The molecule has 0 bridgehead atoms. The maximum Gasteiger partial charge on any atom is 0.243 e. The molecule has 0 aromatic carbocycles. The van der Waals surface area contributed by atoms with E-state index in [0.29, 0.717) is 29.5 Å². The van der Waals surface area contributed by atoms with Gasteiger partial charge in [-0.25, -0.2) is 22.6 Å². The molecule has 1 fully saturated rings. The van der Waals surface area contributed by atoms with E-state index in [0.717, 1.165) is 25.9 Å². The van der Waals surface area contributed by atoms with Crippen LogP contribution < -0.4 is 10.0 Å². The molecule has 138 valence electrons. The van der Waals surface area contributed by atoms with E-state index in [-0.39, 0.29) is 10.3 Å². The third-order valence-corrected chi connectivity index (χ3v) is 6.41. The lowest BCUT2D eigenvalue weighted by molar-refractivity contribution is 0.0577. The Labute approximate surface area is 152 Å². The van der Waals surface area contributed by atoms with Crippen molar-refractivity contribution in [3.63, 3.8) is 0 Å². The molecule has 1 aliphatic heterocycles. The lowest BCUT2D eigenvalue weighted by Crippen LogP contribution is -2.47. The molecule has 3 heterocycles. The number of hydrogen-bond donors (Lipinski definition) is 2. The Balaban J connectivity index is 1.81. The highest BCUT2D eigenvalue weighted by atomic mass is 35.5. The van der Waals surface area contributed by atoms with Gasteiger partial charge in [-0.1, -0.05) is 11.6 Å². The van der Waals surface area contributed by atoms with Gasteiger partial charge in [0, 0.05) is 19.1 Å². The smallest absolute Gasteiger partial charge is 0.243 e. The monoisotopic (exact) mass is 387 g/mol. The lowest BCUT2D eigenvalue weighted by Gasteiger charge is -2.37. The highest BCUT2D eigenvalue weighted by molar-refractivity contribution is 7.89. The summed E-state index contributed by atoms with van der Waals surface area (Å²) in [6.45, 7) is 4.28. The van der Waals surface area contributed by atoms with Crippen molar-refractivity contribution in [3.8, 4) is 0 Å². The van der Waals surface area contributed by atoms with Gasteiger partial charge in [0.15, 0.2) is 5.65 Å². The number of halogens is 1. The molecular weight excluding hydrogens is 366 g/mol. The van der Waals surface area contributed by atoms with Gasteiger partial charge in [-0.05, 0) is 32.9 Å². The number of fused-ring (bicyclic) bond motifs is 1. The molecule has 0 radical (unpaired) electrons. The van der Waals surface area contributed by atoms with Crippen LogP contribution in [0.4, 0.5) is 0 Å². The number of nitrogens with one attached hydrogen (secondary N) is 2. The van der Waals surface area contributed by atoms with E-state index in [1.807, 2.05) is 0 Å². The Morgan fingerprint density at radius 2 is 2.16 bits per heavy atom. The predicted octanol–water partition coefficient (Wildman–Crippen LogP) is 0.986. The number of rotatable bonds is 6. The molecule has 0 unspecified atom stereocenters. The summed E-state index contributed by atoms with van der Waals surface area (Å²) in [5.41, 5.74) is 0.841. The first-order valence-corrected chi connectivity index (χ1v) is 9.93. The van der Waals surface area contributed by atoms with Crippen LogP contribution in [0.25, 0.3) is 5.65 Å². The number of aromatic nitrogens is 3. The molecule has 0 amide bonds. The quantitative estimate of drug-likeness (QED) is 0.767. The molecule has 1 saturated heterocycles. The summed E-state index contributed by atoms with van der Waals surface area (Å²) >= 11 is 6.09. The molecule has 1 aliphatic rings. The van der Waals surface area contributed by atoms with Gasteiger partial charge in [-0.2, -0.15) is 5.10 Å². The minimum atomic E-state index is -3.70. The molecule has 8 nitrogen and oxygen atoms in total. The number of hydrogen-bond acceptors (Lipinski definition) is 6. The summed E-state index contributed by atoms with van der Waals surface area (Å²) < 4.78 is 34.8. The zero-order valence-corrected chi connectivity index (χ0v) is 15.8. The van der Waals surface area contributed by atoms with Crippen LogP contribution in [0.5, 0.6) is 0 Å². The second-order valence-electron chi connectivity index (χ2n) is 6.46. The van der Waals surface area contributed by atoms with Crippen molar-refractivity contribution < 1.29 is 13.2 Å². The van der Waals surface area contributed by atoms with Crippen LogP contribution in [0.15, 0.2) is 17.3 Å². The van der Waals surface area contributed by atoms with Crippen molar-refractivity contribution in [1.29, 1.82) is 0 Å². The third-order valence-electron chi connectivity index (χ3n) is 4.61. The molecule has 10 heteroatoms. The van der Waals surface area contributed by atoms with E-state index in [9.17, 15) is 8.42 Å². The first-order chi connectivity index (χ1) is 11.9. The molecule has 2 aromatic heterocycles. The SMILES string of the molecule is COCC1(CNS(=O)(=O)c2cnc3c(Cl)c(C)nn3c2)CCNCC1. The normalized spacial score (nSPS) is 17.9. The lowest BCUT2D eigenvalue weighted by atomic mass is 9.80. The Bertz CT molecular complexity index is 856. The van der Waals surface area contributed by atoms with Crippen LogP contribution in [0, 0.1) is 12.3 Å². The predicted molar refractivity (Wildman–Crippen MR) is 94.3 cm³/mol. The van der Waals surface area contributed by atoms with Gasteiger partial charge in [-0.15, -0.1) is 0 Å². The number of piperidine rings is 1. The van der Waals surface area contributed by atoms with E-state index < -0.39 is 10.0 Å². The molecule has 0 saturated carbocycles. The van der Waals surface area contributed by atoms with Crippen molar-refractivity contribution >= 4 is 27.3 Å². The minimum absolute atomic E-state index is 0.0562. The topological polar surface area (TPSA) is 97.6 Å². The van der Waals surface area contributed by atoms with Gasteiger partial charge in [0.25, 0.3) is 0 Å². The number of methoxy groups -OCH3 is 1. The van der Waals surface area contributed by atoms with Gasteiger partial charge >= 0.3 is 0 Å². The van der Waals surface area contributed by atoms with E-state index in [2.05, 4.69) is 20.1 Å². The van der Waals surface area contributed by atoms with Crippen molar-refractivity contribution in [2.24, 2.45) is 5.41 Å². The van der Waals surface area contributed by atoms with Crippen molar-refractivity contribution in [2.75, 3.05) is 33.4 Å². The molecule has 2 N–H and O–H groups in total. The fourth-order valence-corrected chi connectivity index (χ4v) is 4.37. The Hall–Kier alpha value is -1.26. The summed E-state index contributed by atoms with van der Waals surface area (Å²) in [4.78, 5) is 4.19. The molecule has 25 heavy (non-hydrogen) atoms. The van der Waals surface area contributed by atoms with Crippen LogP contribution >= 0.6 is 11.6 Å². The van der Waals surface area contributed by atoms with E-state index in [1.165, 1.54) is 16.9 Å². The third kappa shape index (κ3) is 3.80. The second-order valence-corrected chi connectivity index (χ2v) is 8.61. The summed E-state index contributed by atoms with van der Waals surface area (Å²) in [5, 5.41) is 7.89. The van der Waals surface area contributed by atoms with Crippen molar-refractivity contribution in [3.05, 3.63) is 23.1 Å². The van der Waals surface area contributed by atoms with E-state index >= 15 is 0 Å². The van der Waals surface area contributed by atoms with Gasteiger partial charge < -0.3 is 10.1 Å². The van der Waals surface area contributed by atoms with Gasteiger partial charge in [0.2, 0.25) is 10.0 Å². The minimum Gasteiger partial charge on any atom is -0.384 e. The zero-order valence-electron chi connectivity index (χ0n) is 14.2. The Morgan fingerprint density at radius 3 is 2.84 bits per heavy atom. The van der Waals surface area contributed by atoms with Crippen molar-refractivity contribution in [1.82, 2.24) is 24.6 Å². The van der Waals surface area contributed by atoms with E-state index in [1.54, 1.807) is 14.0 Å². The number of nitrogens with zero attached hydrogens (tertiary/aromatic N) is 3. The fraction of sp³-hybridized carbons (Fsp3) is 0.600. The van der Waals surface area contributed by atoms with Crippen LogP contribution in [-0.4, -0.2) is 56.4 Å². The summed E-state index contributed by atoms with van der Waals surface area (Å²) in [7, 11) is -2.06. The Kier molecular flexibility index (Phi) is 5.31. The summed E-state index contributed by atoms with van der Waals surface area (Å²) in [6, 6.07) is 0. The summed E-state index contributed by atoms with van der Waals surface area (Å²) in [6.07, 6.45) is 4.44. The Morgan fingerprint density at radius 1 is 1.44 bits per heavy atom. The second kappa shape index (κ2) is 7.16. The maximum atomic E-state index is 12.7. The number of ether oxygens (including phenoxy) is 1. The largest absolute Gasteiger partial charge is 0.384 e. The first kappa shape index (κ1) is 18.5. The van der Waals surface area contributed by atoms with Gasteiger partial charge in [0.05, 0.1) is 24.7 Å². The molecule has 0 spiro atoms. The van der Waals surface area contributed by atoms with Crippen LogP contribution in [-0.2, 0) is 14.8 Å². The number of sulfonamides is 1. The van der Waals surface area contributed by atoms with Crippen molar-refractivity contribution in [2.45, 2.75) is 24.7 Å². The van der Waals surface area contributed by atoms with Gasteiger partial charge in [-0.3, -0.25) is 0 Å². The standard InChI is InChI=1S/C15H22ClN5O3S/c1-11-13(16)14-18-7-12(8-21(14)20-11)25(22,23)19-9-15(10-24-2)3-5-17-6-4-15/h7-8,17,19H,3-6,9-10H2,1-2H3. The number of aryl methyl sites for hydroxylation is 1. The summed E-state index contributed by atoms with van der Waals surface area (Å²) in [5.74, 6) is 0. The van der Waals surface area contributed by atoms with Crippen LogP contribution in [0.3, 0.4) is 0 Å². The van der Waals surface area contributed by atoms with E-state index in [4.69, 9.17) is 16.3 Å². The van der Waals surface area contributed by atoms with Crippen LogP contribution in [0.1, 0.15) is 18.5 Å². The molecule has 0 aliphatic carbocycles. The average Bonchev–Trinajstić information content (AvgIpc) is 2.88. The zero-order chi connectivity index (χ0) is 18.1. The first-order valence-electron chi connectivity index (χ1n) is 8.07. The average molecular weight is 388 g/mol. The maximum absolute atomic E-state index is 12.7. The highest BCUT2D eigenvalue weighted by Crippen LogP contribution is 2.29. The van der Waals surface area contributed by atoms with Crippen LogP contribution in [0.2, 0.25) is 5.02 Å². The molecule has 0 atom stereocenters.